The number of hydrogen-bond acceptors (Lipinski definition) is 2. The number of aromatic nitrogens is 3. The van der Waals surface area contributed by atoms with Gasteiger partial charge in [-0.25, -0.2) is 0 Å². The lowest BCUT2D eigenvalue weighted by Gasteiger charge is -2.04. The summed E-state index contributed by atoms with van der Waals surface area (Å²) in [6.07, 6.45) is 5.10. The quantitative estimate of drug-likeness (QED) is 0.883. The van der Waals surface area contributed by atoms with Crippen LogP contribution in [0, 0.1) is 0 Å². The summed E-state index contributed by atoms with van der Waals surface area (Å²) in [4.78, 5) is 0. The Hall–Kier alpha value is -1.26. The number of aryl methyl sites for hydroxylation is 2. The van der Waals surface area contributed by atoms with Crippen LogP contribution in [-0.4, -0.2) is 20.9 Å². The van der Waals surface area contributed by atoms with Gasteiger partial charge in [0.15, 0.2) is 0 Å². The molecular formula is C14H21ClN4. The van der Waals surface area contributed by atoms with Crippen molar-refractivity contribution in [1.82, 2.24) is 19.7 Å². The van der Waals surface area contributed by atoms with Gasteiger partial charge in [0.2, 0.25) is 0 Å². The van der Waals surface area contributed by atoms with Crippen LogP contribution in [0.15, 0.2) is 18.5 Å². The third kappa shape index (κ3) is 3.19. The number of nitrogens with zero attached hydrogens (tertiary/aromatic N) is 3. The fraction of sp³-hybridized carbons (Fsp3) is 0.500. The van der Waals surface area contributed by atoms with Gasteiger partial charge in [-0.1, -0.05) is 25.4 Å². The third-order valence-corrected chi connectivity index (χ3v) is 3.66. The zero-order valence-corrected chi connectivity index (χ0v) is 12.5. The first-order chi connectivity index (χ1) is 9.15. The molecule has 19 heavy (non-hydrogen) atoms. The first-order valence-electron chi connectivity index (χ1n) is 6.71. The Morgan fingerprint density at radius 3 is 2.79 bits per heavy atom. The highest BCUT2D eigenvalue weighted by Gasteiger charge is 2.13. The maximum Gasteiger partial charge on any atom is 0.0868 e. The summed E-state index contributed by atoms with van der Waals surface area (Å²) in [6, 6.07) is 2.13. The standard InChI is InChI=1S/C14H21ClN4/c1-4-12-14(15)13(18(3)17-12)10-19-7-6-11(9-19)8-16-5-2/h6-7,9,16H,4-5,8,10H2,1-3H3. The summed E-state index contributed by atoms with van der Waals surface area (Å²) in [5, 5.41) is 8.56. The molecule has 1 N–H and O–H groups in total. The van der Waals surface area contributed by atoms with Crippen molar-refractivity contribution in [2.45, 2.75) is 33.4 Å². The maximum absolute atomic E-state index is 6.36. The van der Waals surface area contributed by atoms with E-state index in [1.165, 1.54) is 5.56 Å². The molecule has 0 saturated carbocycles. The summed E-state index contributed by atoms with van der Waals surface area (Å²) in [6.45, 7) is 6.83. The van der Waals surface area contributed by atoms with Crippen molar-refractivity contribution in [2.24, 2.45) is 7.05 Å². The van der Waals surface area contributed by atoms with Gasteiger partial charge in [0.25, 0.3) is 0 Å². The normalized spacial score (nSPS) is 11.2. The second-order valence-electron chi connectivity index (χ2n) is 4.66. The van der Waals surface area contributed by atoms with Gasteiger partial charge >= 0.3 is 0 Å². The largest absolute Gasteiger partial charge is 0.348 e. The van der Waals surface area contributed by atoms with Crippen molar-refractivity contribution in [3.05, 3.63) is 40.4 Å². The molecule has 2 rings (SSSR count). The van der Waals surface area contributed by atoms with Crippen LogP contribution in [0.25, 0.3) is 0 Å². The number of nitrogens with one attached hydrogen (secondary N) is 1. The molecule has 0 atom stereocenters. The highest BCUT2D eigenvalue weighted by molar-refractivity contribution is 6.31. The highest BCUT2D eigenvalue weighted by Crippen LogP contribution is 2.21. The maximum atomic E-state index is 6.36. The lowest BCUT2D eigenvalue weighted by atomic mass is 10.3. The molecule has 0 aliphatic rings. The van der Waals surface area contributed by atoms with E-state index in [2.05, 4.69) is 47.3 Å². The summed E-state index contributed by atoms with van der Waals surface area (Å²) >= 11 is 6.36. The zero-order chi connectivity index (χ0) is 13.8. The molecule has 2 heterocycles. The van der Waals surface area contributed by atoms with Crippen molar-refractivity contribution in [3.63, 3.8) is 0 Å². The Morgan fingerprint density at radius 2 is 2.16 bits per heavy atom. The van der Waals surface area contributed by atoms with E-state index >= 15 is 0 Å². The zero-order valence-electron chi connectivity index (χ0n) is 11.8. The monoisotopic (exact) mass is 280 g/mol. The van der Waals surface area contributed by atoms with Crippen molar-refractivity contribution in [1.29, 1.82) is 0 Å². The van der Waals surface area contributed by atoms with Gasteiger partial charge in [-0.15, -0.1) is 0 Å². The molecule has 0 amide bonds. The molecule has 0 fully saturated rings. The summed E-state index contributed by atoms with van der Waals surface area (Å²) in [5.74, 6) is 0. The lowest BCUT2D eigenvalue weighted by molar-refractivity contribution is 0.659. The van der Waals surface area contributed by atoms with E-state index in [-0.39, 0.29) is 0 Å². The average Bonchev–Trinajstić information content (AvgIpc) is 2.96. The Balaban J connectivity index is 2.12. The molecule has 0 aliphatic heterocycles. The molecule has 0 saturated heterocycles. The number of hydrogen-bond donors (Lipinski definition) is 1. The molecule has 4 nitrogen and oxygen atoms in total. The van der Waals surface area contributed by atoms with E-state index in [0.29, 0.717) is 0 Å². The third-order valence-electron chi connectivity index (χ3n) is 3.23. The van der Waals surface area contributed by atoms with Gasteiger partial charge in [-0.2, -0.15) is 5.10 Å². The Bertz CT molecular complexity index is 542. The van der Waals surface area contributed by atoms with Crippen LogP contribution in [0.1, 0.15) is 30.8 Å². The predicted octanol–water partition coefficient (Wildman–Crippen LogP) is 2.60. The summed E-state index contributed by atoms with van der Waals surface area (Å²) < 4.78 is 4.03. The first-order valence-corrected chi connectivity index (χ1v) is 7.09. The predicted molar refractivity (Wildman–Crippen MR) is 78.5 cm³/mol. The minimum Gasteiger partial charge on any atom is -0.348 e. The van der Waals surface area contributed by atoms with Crippen molar-refractivity contribution < 1.29 is 0 Å². The van der Waals surface area contributed by atoms with Crippen LogP contribution in [0.4, 0.5) is 0 Å². The molecule has 0 spiro atoms. The van der Waals surface area contributed by atoms with Crippen LogP contribution in [-0.2, 0) is 26.6 Å². The average molecular weight is 281 g/mol. The fourth-order valence-corrected chi connectivity index (χ4v) is 2.48. The molecule has 0 aliphatic carbocycles. The summed E-state index contributed by atoms with van der Waals surface area (Å²) in [7, 11) is 1.95. The molecule has 0 aromatic carbocycles. The van der Waals surface area contributed by atoms with E-state index in [4.69, 9.17) is 11.6 Å². The molecule has 0 radical (unpaired) electrons. The Morgan fingerprint density at radius 1 is 1.37 bits per heavy atom. The smallest absolute Gasteiger partial charge is 0.0868 e. The van der Waals surface area contributed by atoms with E-state index in [0.717, 1.165) is 42.5 Å². The van der Waals surface area contributed by atoms with Gasteiger partial charge < -0.3 is 9.88 Å². The van der Waals surface area contributed by atoms with Crippen LogP contribution < -0.4 is 5.32 Å². The van der Waals surface area contributed by atoms with Crippen LogP contribution in [0.3, 0.4) is 0 Å². The van der Waals surface area contributed by atoms with Crippen molar-refractivity contribution >= 4 is 11.6 Å². The molecular weight excluding hydrogens is 260 g/mol. The second-order valence-corrected chi connectivity index (χ2v) is 5.03. The van der Waals surface area contributed by atoms with Crippen LogP contribution in [0.2, 0.25) is 5.02 Å². The van der Waals surface area contributed by atoms with Gasteiger partial charge in [0.1, 0.15) is 0 Å². The van der Waals surface area contributed by atoms with E-state index in [1.54, 1.807) is 0 Å². The molecule has 0 bridgehead atoms. The number of halogens is 1. The fourth-order valence-electron chi connectivity index (χ4n) is 2.13. The van der Waals surface area contributed by atoms with Gasteiger partial charge in [0, 0.05) is 26.0 Å². The molecule has 5 heteroatoms. The van der Waals surface area contributed by atoms with Crippen molar-refractivity contribution in [3.8, 4) is 0 Å². The minimum absolute atomic E-state index is 0.758. The number of rotatable bonds is 6. The molecule has 2 aromatic heterocycles. The Labute approximate surface area is 119 Å². The van der Waals surface area contributed by atoms with Crippen LogP contribution in [0.5, 0.6) is 0 Å². The van der Waals surface area contributed by atoms with E-state index < -0.39 is 0 Å². The van der Waals surface area contributed by atoms with Gasteiger partial charge in [0.05, 0.1) is 23.0 Å². The minimum atomic E-state index is 0.758. The SMILES string of the molecule is CCNCc1ccn(Cc2c(Cl)c(CC)nn2C)c1. The van der Waals surface area contributed by atoms with E-state index in [9.17, 15) is 0 Å². The summed E-state index contributed by atoms with van der Waals surface area (Å²) in [5.41, 5.74) is 3.32. The molecule has 104 valence electrons. The molecule has 2 aromatic rings. The first kappa shape index (κ1) is 14.2. The topological polar surface area (TPSA) is 34.8 Å². The lowest BCUT2D eigenvalue weighted by Crippen LogP contribution is -2.11. The molecule has 0 unspecified atom stereocenters. The Kier molecular flexibility index (Phi) is 4.66. The van der Waals surface area contributed by atoms with E-state index in [1.807, 2.05) is 11.7 Å². The van der Waals surface area contributed by atoms with Crippen molar-refractivity contribution in [2.75, 3.05) is 6.54 Å². The highest BCUT2D eigenvalue weighted by atomic mass is 35.5. The van der Waals surface area contributed by atoms with Gasteiger partial charge in [-0.3, -0.25) is 4.68 Å². The van der Waals surface area contributed by atoms with Gasteiger partial charge in [-0.05, 0) is 24.6 Å². The second kappa shape index (κ2) is 6.26. The van der Waals surface area contributed by atoms with Crippen LogP contribution >= 0.6 is 11.6 Å².